The number of carbonyl (C=O) groups is 1. The standard InChI is InChI=1S/C17H26N2O3/c1-16(2,3)22-15(20)18-12-17(10-7-11-19-17)13-8-5-6-9-14(13)21-4/h5-6,8-9,19H,7,10-12H2,1-4H3,(H,18,20). The van der Waals surface area contributed by atoms with Gasteiger partial charge in [0.25, 0.3) is 0 Å². The lowest BCUT2D eigenvalue weighted by atomic mass is 9.87. The van der Waals surface area contributed by atoms with E-state index >= 15 is 0 Å². The summed E-state index contributed by atoms with van der Waals surface area (Å²) < 4.78 is 10.8. The number of benzene rings is 1. The van der Waals surface area contributed by atoms with E-state index in [9.17, 15) is 4.79 Å². The monoisotopic (exact) mass is 306 g/mol. The molecule has 0 saturated carbocycles. The van der Waals surface area contributed by atoms with Crippen molar-refractivity contribution >= 4 is 6.09 Å². The van der Waals surface area contributed by atoms with Gasteiger partial charge in [-0.25, -0.2) is 4.79 Å². The highest BCUT2D eigenvalue weighted by Gasteiger charge is 2.38. The maximum atomic E-state index is 12.0. The first kappa shape index (κ1) is 16.6. The van der Waals surface area contributed by atoms with Gasteiger partial charge in [0.1, 0.15) is 11.4 Å². The van der Waals surface area contributed by atoms with Gasteiger partial charge in [-0.1, -0.05) is 18.2 Å². The molecule has 1 unspecified atom stereocenters. The second-order valence-electron chi connectivity index (χ2n) is 6.67. The van der Waals surface area contributed by atoms with Crippen molar-refractivity contribution in [2.45, 2.75) is 44.8 Å². The number of alkyl carbamates (subject to hydrolysis) is 1. The van der Waals surface area contributed by atoms with Gasteiger partial charge in [0.15, 0.2) is 0 Å². The molecule has 1 aliphatic rings. The Kier molecular flexibility index (Phi) is 4.96. The van der Waals surface area contributed by atoms with Gasteiger partial charge in [0, 0.05) is 12.1 Å². The summed E-state index contributed by atoms with van der Waals surface area (Å²) in [5.41, 5.74) is 0.278. The third-order valence-corrected chi connectivity index (χ3v) is 3.80. The van der Waals surface area contributed by atoms with E-state index in [1.165, 1.54) is 0 Å². The van der Waals surface area contributed by atoms with E-state index in [1.54, 1.807) is 7.11 Å². The summed E-state index contributed by atoms with van der Waals surface area (Å²) in [6.07, 6.45) is 1.62. The fraction of sp³-hybridized carbons (Fsp3) is 0.588. The molecule has 122 valence electrons. The minimum absolute atomic E-state index is 0.302. The Morgan fingerprint density at radius 3 is 2.68 bits per heavy atom. The van der Waals surface area contributed by atoms with Crippen LogP contribution in [-0.4, -0.2) is 31.9 Å². The molecular weight excluding hydrogens is 280 g/mol. The number of para-hydroxylation sites is 1. The van der Waals surface area contributed by atoms with Gasteiger partial charge in [0.05, 0.1) is 12.6 Å². The minimum atomic E-state index is -0.495. The second kappa shape index (κ2) is 6.57. The van der Waals surface area contributed by atoms with E-state index in [1.807, 2.05) is 45.0 Å². The second-order valence-corrected chi connectivity index (χ2v) is 6.67. The number of rotatable bonds is 4. The molecule has 2 N–H and O–H groups in total. The first-order chi connectivity index (χ1) is 10.4. The Hall–Kier alpha value is -1.75. The van der Waals surface area contributed by atoms with Crippen molar-refractivity contribution < 1.29 is 14.3 Å². The van der Waals surface area contributed by atoms with Crippen LogP contribution in [0.4, 0.5) is 4.79 Å². The van der Waals surface area contributed by atoms with Gasteiger partial charge in [-0.05, 0) is 46.2 Å². The largest absolute Gasteiger partial charge is 0.496 e. The highest BCUT2D eigenvalue weighted by Crippen LogP contribution is 2.36. The highest BCUT2D eigenvalue weighted by molar-refractivity contribution is 5.68. The molecule has 0 aromatic heterocycles. The van der Waals surface area contributed by atoms with E-state index in [0.717, 1.165) is 30.7 Å². The van der Waals surface area contributed by atoms with Crippen LogP contribution in [0.1, 0.15) is 39.2 Å². The zero-order valence-electron chi connectivity index (χ0n) is 13.9. The molecule has 1 aliphatic heterocycles. The molecule has 0 spiro atoms. The predicted molar refractivity (Wildman–Crippen MR) is 86.1 cm³/mol. The highest BCUT2D eigenvalue weighted by atomic mass is 16.6. The molecular formula is C17H26N2O3. The quantitative estimate of drug-likeness (QED) is 0.898. The van der Waals surface area contributed by atoms with Gasteiger partial charge in [0.2, 0.25) is 0 Å². The molecule has 1 fully saturated rings. The summed E-state index contributed by atoms with van der Waals surface area (Å²) in [5, 5.41) is 6.42. The first-order valence-corrected chi connectivity index (χ1v) is 7.72. The molecule has 1 atom stereocenters. The molecule has 22 heavy (non-hydrogen) atoms. The first-order valence-electron chi connectivity index (χ1n) is 7.72. The maximum Gasteiger partial charge on any atom is 0.407 e. The number of amides is 1. The van der Waals surface area contributed by atoms with Crippen LogP contribution in [0, 0.1) is 0 Å². The molecule has 1 heterocycles. The fourth-order valence-corrected chi connectivity index (χ4v) is 2.86. The molecule has 1 amide bonds. The SMILES string of the molecule is COc1ccccc1C1(CNC(=O)OC(C)(C)C)CCCN1. The van der Waals surface area contributed by atoms with Crippen molar-refractivity contribution in [1.29, 1.82) is 0 Å². The summed E-state index contributed by atoms with van der Waals surface area (Å²) in [4.78, 5) is 12.0. The Balaban J connectivity index is 2.14. The lowest BCUT2D eigenvalue weighted by Gasteiger charge is -2.32. The number of carbonyl (C=O) groups excluding carboxylic acids is 1. The van der Waals surface area contributed by atoms with E-state index in [2.05, 4.69) is 10.6 Å². The molecule has 1 aromatic carbocycles. The van der Waals surface area contributed by atoms with Gasteiger partial charge in [-0.2, -0.15) is 0 Å². The third kappa shape index (κ3) is 3.91. The fourth-order valence-electron chi connectivity index (χ4n) is 2.86. The van der Waals surface area contributed by atoms with Crippen LogP contribution in [0.2, 0.25) is 0 Å². The van der Waals surface area contributed by atoms with E-state index < -0.39 is 11.7 Å². The lowest BCUT2D eigenvalue weighted by Crippen LogP contribution is -2.48. The van der Waals surface area contributed by atoms with Crippen LogP contribution in [0.5, 0.6) is 5.75 Å². The summed E-state index contributed by atoms with van der Waals surface area (Å²) >= 11 is 0. The van der Waals surface area contributed by atoms with Crippen molar-refractivity contribution in [2.75, 3.05) is 20.2 Å². The normalized spacial score (nSPS) is 21.5. The summed E-state index contributed by atoms with van der Waals surface area (Å²) in [6, 6.07) is 7.94. The number of nitrogens with one attached hydrogen (secondary N) is 2. The van der Waals surface area contributed by atoms with Crippen LogP contribution < -0.4 is 15.4 Å². The smallest absolute Gasteiger partial charge is 0.407 e. The Bertz CT molecular complexity index is 517. The van der Waals surface area contributed by atoms with E-state index in [-0.39, 0.29) is 5.54 Å². The van der Waals surface area contributed by atoms with Crippen molar-refractivity contribution in [3.05, 3.63) is 29.8 Å². The van der Waals surface area contributed by atoms with Crippen LogP contribution >= 0.6 is 0 Å². The average Bonchev–Trinajstić information content (AvgIpc) is 2.93. The van der Waals surface area contributed by atoms with Crippen LogP contribution in [0.25, 0.3) is 0 Å². The van der Waals surface area contributed by atoms with Crippen molar-refractivity contribution in [3.8, 4) is 5.75 Å². The van der Waals surface area contributed by atoms with E-state index in [0.29, 0.717) is 6.54 Å². The summed E-state index contributed by atoms with van der Waals surface area (Å²) in [7, 11) is 1.67. The molecule has 0 bridgehead atoms. The van der Waals surface area contributed by atoms with Gasteiger partial charge < -0.3 is 20.1 Å². The maximum absolute atomic E-state index is 12.0. The zero-order valence-corrected chi connectivity index (χ0v) is 13.9. The van der Waals surface area contributed by atoms with Crippen LogP contribution in [0.15, 0.2) is 24.3 Å². The van der Waals surface area contributed by atoms with Crippen molar-refractivity contribution in [3.63, 3.8) is 0 Å². The summed E-state index contributed by atoms with van der Waals surface area (Å²) in [6.45, 7) is 6.97. The Labute approximate surface area is 132 Å². The molecule has 0 aliphatic carbocycles. The van der Waals surface area contributed by atoms with Crippen molar-refractivity contribution in [1.82, 2.24) is 10.6 Å². The number of methoxy groups -OCH3 is 1. The third-order valence-electron chi connectivity index (χ3n) is 3.80. The number of hydrogen-bond donors (Lipinski definition) is 2. The van der Waals surface area contributed by atoms with Crippen LogP contribution in [0.3, 0.4) is 0 Å². The molecule has 2 rings (SSSR count). The Morgan fingerprint density at radius 1 is 1.36 bits per heavy atom. The van der Waals surface area contributed by atoms with Gasteiger partial charge in [-0.3, -0.25) is 0 Å². The summed E-state index contributed by atoms with van der Waals surface area (Å²) in [5.74, 6) is 0.836. The van der Waals surface area contributed by atoms with Gasteiger partial charge in [-0.15, -0.1) is 0 Å². The molecule has 5 heteroatoms. The van der Waals surface area contributed by atoms with Crippen molar-refractivity contribution in [2.24, 2.45) is 0 Å². The lowest BCUT2D eigenvalue weighted by molar-refractivity contribution is 0.0511. The topological polar surface area (TPSA) is 59.6 Å². The molecule has 5 nitrogen and oxygen atoms in total. The minimum Gasteiger partial charge on any atom is -0.496 e. The predicted octanol–water partition coefficient (Wildman–Crippen LogP) is 2.80. The van der Waals surface area contributed by atoms with Gasteiger partial charge >= 0.3 is 6.09 Å². The molecule has 0 radical (unpaired) electrons. The zero-order chi connectivity index (χ0) is 16.2. The average molecular weight is 306 g/mol. The Morgan fingerprint density at radius 2 is 2.09 bits per heavy atom. The van der Waals surface area contributed by atoms with E-state index in [4.69, 9.17) is 9.47 Å². The number of hydrogen-bond acceptors (Lipinski definition) is 4. The molecule has 1 saturated heterocycles. The van der Waals surface area contributed by atoms with Crippen LogP contribution in [-0.2, 0) is 10.3 Å². The number of ether oxygens (including phenoxy) is 2. The molecule has 1 aromatic rings.